The molecule has 1 aromatic rings. The lowest BCUT2D eigenvalue weighted by molar-refractivity contribution is -0.147. The highest BCUT2D eigenvalue weighted by Crippen LogP contribution is 2.43. The third-order valence-electron chi connectivity index (χ3n) is 5.13. The summed E-state index contributed by atoms with van der Waals surface area (Å²) in [4.78, 5) is 16.3. The summed E-state index contributed by atoms with van der Waals surface area (Å²) in [5.74, 6) is -0.666. The number of piperazine rings is 1. The quantitative estimate of drug-likeness (QED) is 0.919. The van der Waals surface area contributed by atoms with E-state index in [0.717, 1.165) is 57.5 Å². The number of aliphatic carboxylic acids is 1. The molecule has 2 aliphatic rings. The summed E-state index contributed by atoms with van der Waals surface area (Å²) in [6.45, 7) is 5.43. The van der Waals surface area contributed by atoms with E-state index < -0.39 is 11.4 Å². The molecule has 0 aromatic heterocycles. The predicted octanol–water partition coefficient (Wildman–Crippen LogP) is 1.94. The van der Waals surface area contributed by atoms with Crippen LogP contribution in [-0.2, 0) is 16.8 Å². The summed E-state index contributed by atoms with van der Waals surface area (Å²) in [7, 11) is 2.16. The molecule has 1 heterocycles. The number of rotatable bonds is 4. The summed E-state index contributed by atoms with van der Waals surface area (Å²) >= 11 is 0. The second-order valence-corrected chi connectivity index (χ2v) is 6.52. The lowest BCUT2D eigenvalue weighted by Crippen LogP contribution is -2.44. The van der Waals surface area contributed by atoms with Gasteiger partial charge in [-0.1, -0.05) is 30.7 Å². The Morgan fingerprint density at radius 3 is 2.24 bits per heavy atom. The summed E-state index contributed by atoms with van der Waals surface area (Å²) in [5.41, 5.74) is 1.65. The summed E-state index contributed by atoms with van der Waals surface area (Å²) in [5, 5.41) is 9.48. The Morgan fingerprint density at radius 2 is 1.76 bits per heavy atom. The molecule has 0 unspecified atom stereocenters. The molecule has 4 nitrogen and oxygen atoms in total. The first-order valence-electron chi connectivity index (χ1n) is 7.84. The molecule has 1 N–H and O–H groups in total. The Morgan fingerprint density at radius 1 is 1.14 bits per heavy atom. The molecule has 0 bridgehead atoms. The lowest BCUT2D eigenvalue weighted by Gasteiger charge is -2.38. The van der Waals surface area contributed by atoms with Gasteiger partial charge in [-0.25, -0.2) is 0 Å². The van der Waals surface area contributed by atoms with Gasteiger partial charge in [0.1, 0.15) is 0 Å². The number of likely N-dealkylation sites (N-methyl/N-ethyl adjacent to an activating group) is 1. The maximum atomic E-state index is 11.5. The van der Waals surface area contributed by atoms with E-state index in [2.05, 4.69) is 29.0 Å². The molecule has 0 spiro atoms. The summed E-state index contributed by atoms with van der Waals surface area (Å²) in [6, 6.07) is 8.27. The van der Waals surface area contributed by atoms with Crippen molar-refractivity contribution in [2.75, 3.05) is 33.2 Å². The van der Waals surface area contributed by atoms with Crippen molar-refractivity contribution in [1.82, 2.24) is 9.80 Å². The first kappa shape index (κ1) is 14.5. The standard InChI is InChI=1S/C17H24N2O2/c1-18-9-11-19(12-10-18)13-14-3-5-15(6-4-14)17(16(20)21)7-2-8-17/h3-6H,2,7-13H2,1H3,(H,20,21). The van der Waals surface area contributed by atoms with E-state index in [0.29, 0.717) is 0 Å². The Balaban J connectivity index is 1.66. The van der Waals surface area contributed by atoms with Crippen LogP contribution in [0.5, 0.6) is 0 Å². The predicted molar refractivity (Wildman–Crippen MR) is 82.4 cm³/mol. The minimum Gasteiger partial charge on any atom is -0.481 e. The van der Waals surface area contributed by atoms with E-state index in [9.17, 15) is 9.90 Å². The monoisotopic (exact) mass is 288 g/mol. The van der Waals surface area contributed by atoms with Crippen LogP contribution >= 0.6 is 0 Å². The minimum atomic E-state index is -0.666. The van der Waals surface area contributed by atoms with Gasteiger partial charge >= 0.3 is 5.97 Å². The van der Waals surface area contributed by atoms with E-state index in [1.165, 1.54) is 5.56 Å². The Labute approximate surface area is 126 Å². The van der Waals surface area contributed by atoms with Crippen molar-refractivity contribution in [3.63, 3.8) is 0 Å². The fourth-order valence-corrected chi connectivity index (χ4v) is 3.35. The molecule has 1 aromatic carbocycles. The van der Waals surface area contributed by atoms with Gasteiger partial charge in [0.2, 0.25) is 0 Å². The van der Waals surface area contributed by atoms with E-state index in [1.54, 1.807) is 0 Å². The molecule has 2 fully saturated rings. The second-order valence-electron chi connectivity index (χ2n) is 6.52. The largest absolute Gasteiger partial charge is 0.481 e. The highest BCUT2D eigenvalue weighted by Gasteiger charge is 2.45. The van der Waals surface area contributed by atoms with Gasteiger partial charge in [0, 0.05) is 32.7 Å². The van der Waals surface area contributed by atoms with Gasteiger partial charge in [-0.3, -0.25) is 9.69 Å². The highest BCUT2D eigenvalue weighted by atomic mass is 16.4. The minimum absolute atomic E-state index is 0.605. The molecule has 3 rings (SSSR count). The van der Waals surface area contributed by atoms with Crippen LogP contribution in [0, 0.1) is 0 Å². The van der Waals surface area contributed by atoms with Crippen LogP contribution in [0.25, 0.3) is 0 Å². The molecule has 1 aliphatic carbocycles. The average Bonchev–Trinajstić information content (AvgIpc) is 2.42. The fourth-order valence-electron chi connectivity index (χ4n) is 3.35. The smallest absolute Gasteiger partial charge is 0.314 e. The molecule has 4 heteroatoms. The Kier molecular flexibility index (Phi) is 4.00. The second kappa shape index (κ2) is 5.78. The van der Waals surface area contributed by atoms with Crippen LogP contribution in [0.3, 0.4) is 0 Å². The molecule has 0 amide bonds. The summed E-state index contributed by atoms with van der Waals surface area (Å²) in [6.07, 6.45) is 2.58. The van der Waals surface area contributed by atoms with Gasteiger partial charge in [0.15, 0.2) is 0 Å². The van der Waals surface area contributed by atoms with E-state index in [4.69, 9.17) is 0 Å². The highest BCUT2D eigenvalue weighted by molar-refractivity contribution is 5.82. The van der Waals surface area contributed by atoms with E-state index in [-0.39, 0.29) is 0 Å². The molecule has 114 valence electrons. The number of nitrogens with zero attached hydrogens (tertiary/aromatic N) is 2. The zero-order valence-electron chi connectivity index (χ0n) is 12.7. The maximum absolute atomic E-state index is 11.5. The molecule has 0 radical (unpaired) electrons. The molecule has 1 aliphatic heterocycles. The van der Waals surface area contributed by atoms with Gasteiger partial charge in [-0.05, 0) is 31.0 Å². The van der Waals surface area contributed by atoms with Gasteiger partial charge in [-0.15, -0.1) is 0 Å². The van der Waals surface area contributed by atoms with Crippen LogP contribution in [0.1, 0.15) is 30.4 Å². The topological polar surface area (TPSA) is 43.8 Å². The number of carbonyl (C=O) groups is 1. The number of hydrogen-bond donors (Lipinski definition) is 1. The third kappa shape index (κ3) is 2.83. The Bertz CT molecular complexity index is 500. The van der Waals surface area contributed by atoms with E-state index >= 15 is 0 Å². The van der Waals surface area contributed by atoms with Crippen LogP contribution in [-0.4, -0.2) is 54.1 Å². The first-order valence-corrected chi connectivity index (χ1v) is 7.84. The molecule has 1 saturated heterocycles. The SMILES string of the molecule is CN1CCN(Cc2ccc(C3(C(=O)O)CCC3)cc2)CC1. The van der Waals surface area contributed by atoms with Crippen molar-refractivity contribution in [3.8, 4) is 0 Å². The molecule has 1 saturated carbocycles. The van der Waals surface area contributed by atoms with E-state index in [1.807, 2.05) is 12.1 Å². The van der Waals surface area contributed by atoms with Crippen LogP contribution < -0.4 is 0 Å². The normalized spacial score (nSPS) is 22.7. The summed E-state index contributed by atoms with van der Waals surface area (Å²) < 4.78 is 0. The third-order valence-corrected chi connectivity index (χ3v) is 5.13. The van der Waals surface area contributed by atoms with Gasteiger partial charge in [0.05, 0.1) is 5.41 Å². The van der Waals surface area contributed by atoms with Crippen LogP contribution in [0.15, 0.2) is 24.3 Å². The van der Waals surface area contributed by atoms with Crippen molar-refractivity contribution in [2.24, 2.45) is 0 Å². The molecular formula is C17H24N2O2. The molecular weight excluding hydrogens is 264 g/mol. The van der Waals surface area contributed by atoms with Crippen molar-refractivity contribution in [2.45, 2.75) is 31.2 Å². The zero-order valence-corrected chi connectivity index (χ0v) is 12.7. The Hall–Kier alpha value is -1.39. The van der Waals surface area contributed by atoms with Crippen molar-refractivity contribution in [3.05, 3.63) is 35.4 Å². The maximum Gasteiger partial charge on any atom is 0.314 e. The van der Waals surface area contributed by atoms with Gasteiger partial charge in [-0.2, -0.15) is 0 Å². The number of carboxylic acids is 1. The van der Waals surface area contributed by atoms with Crippen molar-refractivity contribution in [1.29, 1.82) is 0 Å². The lowest BCUT2D eigenvalue weighted by atomic mass is 9.64. The van der Waals surface area contributed by atoms with Gasteiger partial charge in [0.25, 0.3) is 0 Å². The molecule has 21 heavy (non-hydrogen) atoms. The number of carboxylic acid groups (broad SMARTS) is 1. The number of hydrogen-bond acceptors (Lipinski definition) is 3. The van der Waals surface area contributed by atoms with Crippen LogP contribution in [0.2, 0.25) is 0 Å². The van der Waals surface area contributed by atoms with Crippen molar-refractivity contribution < 1.29 is 9.90 Å². The number of benzene rings is 1. The van der Waals surface area contributed by atoms with Crippen LogP contribution in [0.4, 0.5) is 0 Å². The average molecular weight is 288 g/mol. The fraction of sp³-hybridized carbons (Fsp3) is 0.588. The first-order chi connectivity index (χ1) is 10.1. The zero-order chi connectivity index (χ0) is 14.9. The van der Waals surface area contributed by atoms with Crippen molar-refractivity contribution >= 4 is 5.97 Å². The molecule has 0 atom stereocenters. The van der Waals surface area contributed by atoms with Gasteiger partial charge < -0.3 is 10.0 Å².